The van der Waals surface area contributed by atoms with Gasteiger partial charge < -0.3 is 19.9 Å². The number of aryl methyl sites for hydroxylation is 1. The third kappa shape index (κ3) is 4.33. The van der Waals surface area contributed by atoms with Crippen LogP contribution in [0.5, 0.6) is 5.75 Å². The second-order valence-corrected chi connectivity index (χ2v) is 6.45. The van der Waals surface area contributed by atoms with Gasteiger partial charge in [0.2, 0.25) is 11.8 Å². The zero-order valence-corrected chi connectivity index (χ0v) is 15.3. The van der Waals surface area contributed by atoms with E-state index in [4.69, 9.17) is 4.74 Å². The standard InChI is InChI=1S/C19H22N4O4/c1-12-9-17(24)22-16(21-12)7-8-20-19(26)13-10-18(25)23(11-13)14-5-3-4-6-15(14)27-2/h3-6,9,13H,7-8,10-11H2,1-2H3,(H,20,26)(H,21,22,24). The van der Waals surface area contributed by atoms with Crippen molar-refractivity contribution in [3.05, 3.63) is 52.2 Å². The fourth-order valence-electron chi connectivity index (χ4n) is 3.18. The number of rotatable bonds is 6. The van der Waals surface area contributed by atoms with Crippen LogP contribution < -0.4 is 20.5 Å². The van der Waals surface area contributed by atoms with E-state index < -0.39 is 5.92 Å². The van der Waals surface area contributed by atoms with Gasteiger partial charge in [-0.25, -0.2) is 4.98 Å². The molecule has 0 saturated carbocycles. The summed E-state index contributed by atoms with van der Waals surface area (Å²) in [4.78, 5) is 44.7. The summed E-state index contributed by atoms with van der Waals surface area (Å²) in [5.74, 6) is 0.409. The molecule has 2 heterocycles. The molecule has 1 aromatic carbocycles. The number of carbonyl (C=O) groups excluding carboxylic acids is 2. The molecule has 1 aliphatic rings. The summed E-state index contributed by atoms with van der Waals surface area (Å²) in [6.45, 7) is 2.39. The second kappa shape index (κ2) is 8.03. The predicted octanol–water partition coefficient (Wildman–Crippen LogP) is 0.799. The van der Waals surface area contributed by atoms with Gasteiger partial charge in [0.1, 0.15) is 11.6 Å². The minimum Gasteiger partial charge on any atom is -0.495 e. The number of hydrogen-bond donors (Lipinski definition) is 2. The average molecular weight is 370 g/mol. The lowest BCUT2D eigenvalue weighted by Crippen LogP contribution is -2.34. The number of amides is 2. The molecule has 1 atom stereocenters. The molecule has 0 aliphatic carbocycles. The van der Waals surface area contributed by atoms with E-state index in [1.807, 2.05) is 12.1 Å². The van der Waals surface area contributed by atoms with Crippen LogP contribution in [0.15, 0.2) is 35.1 Å². The lowest BCUT2D eigenvalue weighted by Gasteiger charge is -2.19. The first kappa shape index (κ1) is 18.6. The van der Waals surface area contributed by atoms with Gasteiger partial charge in [0.25, 0.3) is 5.56 Å². The minimum atomic E-state index is -0.424. The van der Waals surface area contributed by atoms with Gasteiger partial charge in [0.15, 0.2) is 0 Å². The Labute approximate surface area is 156 Å². The van der Waals surface area contributed by atoms with E-state index in [1.165, 1.54) is 6.07 Å². The molecular formula is C19H22N4O4. The van der Waals surface area contributed by atoms with Crippen LogP contribution >= 0.6 is 0 Å². The van der Waals surface area contributed by atoms with Gasteiger partial charge in [0, 0.05) is 37.7 Å². The lowest BCUT2D eigenvalue weighted by atomic mass is 10.1. The maximum absolute atomic E-state index is 12.4. The van der Waals surface area contributed by atoms with E-state index >= 15 is 0 Å². The third-order valence-electron chi connectivity index (χ3n) is 4.45. The molecule has 142 valence electrons. The van der Waals surface area contributed by atoms with E-state index in [-0.39, 0.29) is 23.8 Å². The van der Waals surface area contributed by atoms with Crippen LogP contribution in [0.2, 0.25) is 0 Å². The maximum Gasteiger partial charge on any atom is 0.251 e. The van der Waals surface area contributed by atoms with E-state index in [2.05, 4.69) is 15.3 Å². The van der Waals surface area contributed by atoms with Crippen molar-refractivity contribution < 1.29 is 14.3 Å². The number of nitrogens with zero attached hydrogens (tertiary/aromatic N) is 2. The van der Waals surface area contributed by atoms with Crippen molar-refractivity contribution in [2.45, 2.75) is 19.8 Å². The van der Waals surface area contributed by atoms with Gasteiger partial charge in [-0.15, -0.1) is 0 Å². The maximum atomic E-state index is 12.4. The zero-order valence-electron chi connectivity index (χ0n) is 15.3. The van der Waals surface area contributed by atoms with Crippen LogP contribution in [0, 0.1) is 12.8 Å². The number of anilines is 1. The Morgan fingerprint density at radius 3 is 2.89 bits per heavy atom. The number of nitrogens with one attached hydrogen (secondary N) is 2. The Morgan fingerprint density at radius 1 is 1.37 bits per heavy atom. The van der Waals surface area contributed by atoms with Crippen LogP contribution in [0.25, 0.3) is 0 Å². The van der Waals surface area contributed by atoms with Crippen molar-refractivity contribution >= 4 is 17.5 Å². The summed E-state index contributed by atoms with van der Waals surface area (Å²) in [7, 11) is 1.55. The lowest BCUT2D eigenvalue weighted by molar-refractivity contribution is -0.126. The van der Waals surface area contributed by atoms with Crippen molar-refractivity contribution in [3.63, 3.8) is 0 Å². The summed E-state index contributed by atoms with van der Waals surface area (Å²) in [5, 5.41) is 2.82. The Bertz CT molecular complexity index is 909. The molecule has 8 nitrogen and oxygen atoms in total. The van der Waals surface area contributed by atoms with Crippen LogP contribution in [0.4, 0.5) is 5.69 Å². The Balaban J connectivity index is 1.58. The van der Waals surface area contributed by atoms with Gasteiger partial charge >= 0.3 is 0 Å². The van der Waals surface area contributed by atoms with Gasteiger partial charge in [0.05, 0.1) is 18.7 Å². The average Bonchev–Trinajstić information content (AvgIpc) is 3.02. The summed E-state index contributed by atoms with van der Waals surface area (Å²) >= 11 is 0. The number of ether oxygens (including phenoxy) is 1. The topological polar surface area (TPSA) is 104 Å². The SMILES string of the molecule is COc1ccccc1N1CC(C(=O)NCCc2nc(C)cc(=O)[nH]2)CC1=O. The van der Waals surface area contributed by atoms with Crippen molar-refractivity contribution in [3.8, 4) is 5.75 Å². The Morgan fingerprint density at radius 2 is 2.15 bits per heavy atom. The van der Waals surface area contributed by atoms with Gasteiger partial charge in [-0.1, -0.05) is 12.1 Å². The van der Waals surface area contributed by atoms with E-state index in [9.17, 15) is 14.4 Å². The number of H-pyrrole nitrogens is 1. The molecule has 1 unspecified atom stereocenters. The number of methoxy groups -OCH3 is 1. The van der Waals surface area contributed by atoms with Gasteiger partial charge in [-0.3, -0.25) is 14.4 Å². The van der Waals surface area contributed by atoms with Crippen LogP contribution in [-0.2, 0) is 16.0 Å². The zero-order chi connectivity index (χ0) is 19.4. The normalized spacial score (nSPS) is 16.4. The fourth-order valence-corrected chi connectivity index (χ4v) is 3.18. The Hall–Kier alpha value is -3.16. The summed E-state index contributed by atoms with van der Waals surface area (Å²) in [5.41, 5.74) is 1.09. The first-order valence-electron chi connectivity index (χ1n) is 8.76. The summed E-state index contributed by atoms with van der Waals surface area (Å²) < 4.78 is 5.30. The molecule has 2 aromatic rings. The van der Waals surface area contributed by atoms with E-state index in [0.29, 0.717) is 42.5 Å². The van der Waals surface area contributed by atoms with E-state index in [1.54, 1.807) is 31.1 Å². The highest BCUT2D eigenvalue weighted by atomic mass is 16.5. The molecule has 0 radical (unpaired) electrons. The number of benzene rings is 1. The minimum absolute atomic E-state index is 0.107. The number of aromatic amines is 1. The van der Waals surface area contributed by atoms with Crippen LogP contribution in [-0.4, -0.2) is 42.0 Å². The van der Waals surface area contributed by atoms with Crippen molar-refractivity contribution in [1.82, 2.24) is 15.3 Å². The van der Waals surface area contributed by atoms with Gasteiger partial charge in [-0.2, -0.15) is 0 Å². The predicted molar refractivity (Wildman–Crippen MR) is 99.8 cm³/mol. The third-order valence-corrected chi connectivity index (χ3v) is 4.45. The molecule has 1 aliphatic heterocycles. The largest absolute Gasteiger partial charge is 0.495 e. The molecule has 0 bridgehead atoms. The molecular weight excluding hydrogens is 348 g/mol. The van der Waals surface area contributed by atoms with Gasteiger partial charge in [-0.05, 0) is 19.1 Å². The fraction of sp³-hybridized carbons (Fsp3) is 0.368. The van der Waals surface area contributed by atoms with E-state index in [0.717, 1.165) is 0 Å². The molecule has 1 saturated heterocycles. The molecule has 2 amide bonds. The number of carbonyl (C=O) groups is 2. The molecule has 1 fully saturated rings. The number of para-hydroxylation sites is 2. The van der Waals surface area contributed by atoms with Crippen molar-refractivity contribution in [2.24, 2.45) is 5.92 Å². The van der Waals surface area contributed by atoms with Crippen LogP contribution in [0.3, 0.4) is 0 Å². The highest BCUT2D eigenvalue weighted by molar-refractivity contribution is 6.01. The molecule has 27 heavy (non-hydrogen) atoms. The van der Waals surface area contributed by atoms with Crippen LogP contribution in [0.1, 0.15) is 17.9 Å². The summed E-state index contributed by atoms with van der Waals surface area (Å²) in [6.07, 6.45) is 0.572. The highest BCUT2D eigenvalue weighted by Gasteiger charge is 2.36. The molecule has 3 rings (SSSR count). The molecule has 0 spiro atoms. The van der Waals surface area contributed by atoms with Crippen molar-refractivity contribution in [2.75, 3.05) is 25.1 Å². The molecule has 8 heteroatoms. The quantitative estimate of drug-likeness (QED) is 0.783. The van der Waals surface area contributed by atoms with Crippen molar-refractivity contribution in [1.29, 1.82) is 0 Å². The first-order chi connectivity index (χ1) is 13.0. The first-order valence-corrected chi connectivity index (χ1v) is 8.76. The molecule has 1 aromatic heterocycles. The molecule has 2 N–H and O–H groups in total. The Kier molecular flexibility index (Phi) is 5.54. The highest BCUT2D eigenvalue weighted by Crippen LogP contribution is 2.32. The smallest absolute Gasteiger partial charge is 0.251 e. The monoisotopic (exact) mass is 370 g/mol. The second-order valence-electron chi connectivity index (χ2n) is 6.45. The number of aromatic nitrogens is 2. The summed E-state index contributed by atoms with van der Waals surface area (Å²) in [6, 6.07) is 8.66. The number of hydrogen-bond acceptors (Lipinski definition) is 5.